The molecule has 1 fully saturated rings. The Kier molecular flexibility index (Phi) is 8.12. The number of methoxy groups -OCH3 is 1. The van der Waals surface area contributed by atoms with Crippen molar-refractivity contribution in [3.8, 4) is 11.5 Å². The lowest BCUT2D eigenvalue weighted by molar-refractivity contribution is -0.123. The molecule has 3 amide bonds. The molecule has 0 aromatic heterocycles. The molecule has 3 aromatic carbocycles. The fourth-order valence-electron chi connectivity index (χ4n) is 3.54. The highest BCUT2D eigenvalue weighted by Gasteiger charge is 2.35. The summed E-state index contributed by atoms with van der Waals surface area (Å²) in [6, 6.07) is 20.0. The van der Waals surface area contributed by atoms with Crippen molar-refractivity contribution in [3.05, 3.63) is 92.8 Å². The summed E-state index contributed by atoms with van der Waals surface area (Å²) in [7, 11) is 1.49. The summed E-state index contributed by atoms with van der Waals surface area (Å²) in [6.45, 7) is 1.93. The quantitative estimate of drug-likeness (QED) is 0.335. The number of benzene rings is 3. The number of amides is 3. The smallest absolute Gasteiger partial charge is 0.293 e. The summed E-state index contributed by atoms with van der Waals surface area (Å²) < 4.78 is 11.9. The monoisotopic (exact) mass is 566 g/mol. The summed E-state index contributed by atoms with van der Waals surface area (Å²) in [5.74, 6) is 0.133. The molecule has 7 nitrogen and oxygen atoms in total. The largest absolute Gasteiger partial charge is 0.493 e. The van der Waals surface area contributed by atoms with Gasteiger partial charge in [0.05, 0.1) is 18.6 Å². The van der Waals surface area contributed by atoms with Gasteiger partial charge in [0.15, 0.2) is 18.1 Å². The van der Waals surface area contributed by atoms with Gasteiger partial charge in [0.25, 0.3) is 17.1 Å². The van der Waals surface area contributed by atoms with Gasteiger partial charge in [-0.25, -0.2) is 0 Å². The number of hydrogen-bond acceptors (Lipinski definition) is 6. The van der Waals surface area contributed by atoms with E-state index in [0.717, 1.165) is 27.4 Å². The maximum Gasteiger partial charge on any atom is 0.293 e. The maximum absolute atomic E-state index is 12.9. The maximum atomic E-state index is 12.9. The highest BCUT2D eigenvalue weighted by atomic mass is 79.9. The van der Waals surface area contributed by atoms with Gasteiger partial charge in [-0.3, -0.25) is 19.3 Å². The summed E-state index contributed by atoms with van der Waals surface area (Å²) in [5, 5.41) is 2.46. The van der Waals surface area contributed by atoms with Gasteiger partial charge in [0, 0.05) is 10.2 Å². The molecule has 0 bridgehead atoms. The van der Waals surface area contributed by atoms with Gasteiger partial charge in [0.1, 0.15) is 0 Å². The molecule has 1 N–H and O–H groups in total. The van der Waals surface area contributed by atoms with E-state index < -0.39 is 0 Å². The second kappa shape index (κ2) is 11.5. The Hall–Kier alpha value is -3.56. The summed E-state index contributed by atoms with van der Waals surface area (Å²) in [4.78, 5) is 39.2. The zero-order chi connectivity index (χ0) is 25.7. The molecule has 1 aliphatic rings. The zero-order valence-electron chi connectivity index (χ0n) is 19.6. The minimum absolute atomic E-state index is 0.185. The lowest BCUT2D eigenvalue weighted by Gasteiger charge is -2.13. The zero-order valence-corrected chi connectivity index (χ0v) is 22.0. The number of rotatable bonds is 8. The Morgan fingerprint density at radius 2 is 1.86 bits per heavy atom. The molecular weight excluding hydrogens is 544 g/mol. The Labute approximate surface area is 221 Å². The van der Waals surface area contributed by atoms with Gasteiger partial charge in [0.2, 0.25) is 0 Å². The van der Waals surface area contributed by atoms with Crippen molar-refractivity contribution in [2.75, 3.05) is 19.0 Å². The van der Waals surface area contributed by atoms with Gasteiger partial charge < -0.3 is 14.8 Å². The summed E-state index contributed by atoms with van der Waals surface area (Å²) in [6.07, 6.45) is 1.64. The van der Waals surface area contributed by atoms with Gasteiger partial charge in [-0.1, -0.05) is 52.3 Å². The number of hydrogen-bond donors (Lipinski definition) is 1. The second-order valence-electron chi connectivity index (χ2n) is 7.98. The van der Waals surface area contributed by atoms with Crippen molar-refractivity contribution in [1.29, 1.82) is 0 Å². The number of carbonyl (C=O) groups is 3. The average Bonchev–Trinajstić information content (AvgIpc) is 3.11. The lowest BCUT2D eigenvalue weighted by Crippen LogP contribution is -2.27. The van der Waals surface area contributed by atoms with E-state index in [0.29, 0.717) is 27.7 Å². The molecule has 1 heterocycles. The first-order valence-corrected chi connectivity index (χ1v) is 12.6. The molecule has 184 valence electrons. The van der Waals surface area contributed by atoms with Crippen molar-refractivity contribution in [2.24, 2.45) is 0 Å². The van der Waals surface area contributed by atoms with Gasteiger partial charge in [-0.15, -0.1) is 0 Å². The van der Waals surface area contributed by atoms with Crippen molar-refractivity contribution in [3.63, 3.8) is 0 Å². The van der Waals surface area contributed by atoms with Crippen LogP contribution < -0.4 is 14.8 Å². The first kappa shape index (κ1) is 25.5. The first-order chi connectivity index (χ1) is 17.3. The van der Waals surface area contributed by atoms with Crippen LogP contribution in [0.25, 0.3) is 6.08 Å². The Morgan fingerprint density at radius 3 is 2.61 bits per heavy atom. The van der Waals surface area contributed by atoms with Crippen LogP contribution in [0.15, 0.2) is 76.1 Å². The van der Waals surface area contributed by atoms with Crippen molar-refractivity contribution >= 4 is 56.5 Å². The van der Waals surface area contributed by atoms with E-state index in [1.54, 1.807) is 30.3 Å². The van der Waals surface area contributed by atoms with E-state index in [1.807, 2.05) is 49.4 Å². The average molecular weight is 567 g/mol. The molecule has 3 aromatic rings. The highest BCUT2D eigenvalue weighted by Crippen LogP contribution is 2.36. The van der Waals surface area contributed by atoms with Crippen LogP contribution in [0.2, 0.25) is 0 Å². The highest BCUT2D eigenvalue weighted by molar-refractivity contribution is 9.10. The Bertz CT molecular complexity index is 1360. The van der Waals surface area contributed by atoms with Crippen LogP contribution >= 0.6 is 27.7 Å². The Morgan fingerprint density at radius 1 is 1.06 bits per heavy atom. The number of carbonyl (C=O) groups excluding carboxylic acids is 3. The normalized spacial score (nSPS) is 14.3. The molecule has 0 radical (unpaired) electrons. The number of anilines is 1. The third-order valence-corrected chi connectivity index (χ3v) is 6.99. The fraction of sp³-hybridized carbons (Fsp3) is 0.148. The molecule has 9 heteroatoms. The van der Waals surface area contributed by atoms with Crippen molar-refractivity contribution in [2.45, 2.75) is 13.5 Å². The molecule has 0 unspecified atom stereocenters. The molecule has 1 saturated heterocycles. The molecule has 0 spiro atoms. The van der Waals surface area contributed by atoms with Gasteiger partial charge >= 0.3 is 0 Å². The van der Waals surface area contributed by atoms with E-state index in [-0.39, 0.29) is 30.2 Å². The SMILES string of the molecule is COc1cc(/C=C2\SC(=O)N(Cc3ccccc3Br)C2=O)ccc1OCC(=O)Nc1cccc(C)c1. The van der Waals surface area contributed by atoms with E-state index in [4.69, 9.17) is 9.47 Å². The topological polar surface area (TPSA) is 84.9 Å². The lowest BCUT2D eigenvalue weighted by atomic mass is 10.1. The van der Waals surface area contributed by atoms with Gasteiger partial charge in [-0.05, 0) is 71.8 Å². The van der Waals surface area contributed by atoms with Crippen LogP contribution in [0.3, 0.4) is 0 Å². The predicted molar refractivity (Wildman–Crippen MR) is 144 cm³/mol. The predicted octanol–water partition coefficient (Wildman–Crippen LogP) is 6.02. The number of nitrogens with zero attached hydrogens (tertiary/aromatic N) is 1. The van der Waals surface area contributed by atoms with Crippen LogP contribution in [-0.2, 0) is 16.1 Å². The number of thioether (sulfide) groups is 1. The molecule has 0 atom stereocenters. The molecule has 36 heavy (non-hydrogen) atoms. The van der Waals surface area contributed by atoms with Crippen LogP contribution in [-0.4, -0.2) is 35.7 Å². The van der Waals surface area contributed by atoms with E-state index in [2.05, 4.69) is 21.2 Å². The minimum atomic E-state index is -0.354. The number of halogens is 1. The van der Waals surface area contributed by atoms with Crippen LogP contribution in [0.1, 0.15) is 16.7 Å². The third-order valence-electron chi connectivity index (χ3n) is 5.31. The molecule has 0 saturated carbocycles. The number of nitrogens with one attached hydrogen (secondary N) is 1. The molecule has 4 rings (SSSR count). The van der Waals surface area contributed by atoms with Crippen molar-refractivity contribution in [1.82, 2.24) is 4.90 Å². The second-order valence-corrected chi connectivity index (χ2v) is 9.82. The van der Waals surface area contributed by atoms with E-state index in [1.165, 1.54) is 12.0 Å². The summed E-state index contributed by atoms with van der Waals surface area (Å²) >= 11 is 4.35. The number of imide groups is 1. The summed E-state index contributed by atoms with van der Waals surface area (Å²) in [5.41, 5.74) is 3.24. The standard InChI is InChI=1S/C27H23BrN2O5S/c1-17-6-5-8-20(12-17)29-25(31)16-35-22-11-10-18(13-23(22)34-2)14-24-26(32)30(27(33)36-24)15-19-7-3-4-9-21(19)28/h3-14H,15-16H2,1-2H3,(H,29,31)/b24-14-. The Balaban J connectivity index is 1.43. The van der Waals surface area contributed by atoms with Crippen LogP contribution in [0, 0.1) is 6.92 Å². The molecular formula is C27H23BrN2O5S. The number of ether oxygens (including phenoxy) is 2. The number of aryl methyl sites for hydroxylation is 1. The first-order valence-electron chi connectivity index (χ1n) is 11.0. The van der Waals surface area contributed by atoms with E-state index >= 15 is 0 Å². The minimum Gasteiger partial charge on any atom is -0.493 e. The van der Waals surface area contributed by atoms with E-state index in [9.17, 15) is 14.4 Å². The van der Waals surface area contributed by atoms with Crippen LogP contribution in [0.4, 0.5) is 10.5 Å². The molecule has 1 aliphatic heterocycles. The molecule has 0 aliphatic carbocycles. The van der Waals surface area contributed by atoms with Crippen molar-refractivity contribution < 1.29 is 23.9 Å². The van der Waals surface area contributed by atoms with Gasteiger partial charge in [-0.2, -0.15) is 0 Å². The van der Waals surface area contributed by atoms with Crippen LogP contribution in [0.5, 0.6) is 11.5 Å². The fourth-order valence-corrected chi connectivity index (χ4v) is 4.79. The third kappa shape index (κ3) is 6.16.